The number of aromatic nitrogens is 4. The molecule has 0 spiro atoms. The fraction of sp³-hybridized carbons (Fsp3) is 0.594. The fourth-order valence-corrected chi connectivity index (χ4v) is 6.85. The molecule has 2 aliphatic carbocycles. The Morgan fingerprint density at radius 2 is 1.38 bits per heavy atom. The standard InChI is InChI=1S/C32H47N7O/c1-3-21-39(28-7-5-4-6-8-28)29-15-13-27(14-16-29)37(2)22-25-9-11-26(12-10-25)32(40)38(23-30-33-17-18-34-30)24-31-35-19-20-36-31/h9-12,17-20,27-29H,3-8,13-16,21-24H2,1-2H3,(H,33,34)(H,35,36). The summed E-state index contributed by atoms with van der Waals surface area (Å²) in [4.78, 5) is 35.5. The molecule has 8 nitrogen and oxygen atoms in total. The van der Waals surface area contributed by atoms with E-state index in [0.717, 1.165) is 30.3 Å². The van der Waals surface area contributed by atoms with Gasteiger partial charge in [0.25, 0.3) is 5.91 Å². The summed E-state index contributed by atoms with van der Waals surface area (Å²) in [5, 5.41) is 0. The van der Waals surface area contributed by atoms with Crippen molar-refractivity contribution >= 4 is 5.91 Å². The van der Waals surface area contributed by atoms with Gasteiger partial charge in [0.1, 0.15) is 11.6 Å². The molecule has 2 aromatic heterocycles. The summed E-state index contributed by atoms with van der Waals surface area (Å²) in [7, 11) is 2.27. The molecule has 0 radical (unpaired) electrons. The number of benzene rings is 1. The summed E-state index contributed by atoms with van der Waals surface area (Å²) in [6.07, 6.45) is 20.5. The van der Waals surface area contributed by atoms with Gasteiger partial charge in [-0.2, -0.15) is 0 Å². The number of hydrogen-bond acceptors (Lipinski definition) is 5. The number of nitrogens with one attached hydrogen (secondary N) is 2. The van der Waals surface area contributed by atoms with E-state index in [9.17, 15) is 4.79 Å². The van der Waals surface area contributed by atoms with Crippen LogP contribution >= 0.6 is 0 Å². The molecular weight excluding hydrogens is 498 g/mol. The lowest BCUT2D eigenvalue weighted by atomic mass is 9.86. The molecule has 2 heterocycles. The maximum absolute atomic E-state index is 13.5. The molecule has 2 saturated carbocycles. The summed E-state index contributed by atoms with van der Waals surface area (Å²) in [6.45, 7) is 5.31. The molecule has 0 saturated heterocycles. The Morgan fingerprint density at radius 1 is 0.800 bits per heavy atom. The lowest BCUT2D eigenvalue weighted by Gasteiger charge is -2.44. The number of rotatable bonds is 12. The summed E-state index contributed by atoms with van der Waals surface area (Å²) in [5.41, 5.74) is 1.93. The molecule has 216 valence electrons. The van der Waals surface area contributed by atoms with Crippen molar-refractivity contribution in [2.24, 2.45) is 0 Å². The van der Waals surface area contributed by atoms with Crippen LogP contribution in [0, 0.1) is 0 Å². The molecule has 2 fully saturated rings. The van der Waals surface area contributed by atoms with Crippen LogP contribution in [0.5, 0.6) is 0 Å². The predicted molar refractivity (Wildman–Crippen MR) is 159 cm³/mol. The van der Waals surface area contributed by atoms with E-state index < -0.39 is 0 Å². The smallest absolute Gasteiger partial charge is 0.254 e. The van der Waals surface area contributed by atoms with E-state index in [1.165, 1.54) is 76.3 Å². The van der Waals surface area contributed by atoms with Crippen LogP contribution in [-0.4, -0.2) is 72.3 Å². The highest BCUT2D eigenvalue weighted by Crippen LogP contribution is 2.32. The van der Waals surface area contributed by atoms with Crippen molar-refractivity contribution in [3.05, 3.63) is 71.8 Å². The topological polar surface area (TPSA) is 84.2 Å². The first-order valence-corrected chi connectivity index (χ1v) is 15.4. The van der Waals surface area contributed by atoms with Gasteiger partial charge in [-0.05, 0) is 76.2 Å². The van der Waals surface area contributed by atoms with Gasteiger partial charge >= 0.3 is 0 Å². The van der Waals surface area contributed by atoms with Gasteiger partial charge in [-0.1, -0.05) is 38.3 Å². The minimum absolute atomic E-state index is 0.0272. The van der Waals surface area contributed by atoms with Crippen LogP contribution in [0.25, 0.3) is 0 Å². The van der Waals surface area contributed by atoms with Crippen LogP contribution < -0.4 is 0 Å². The van der Waals surface area contributed by atoms with Crippen molar-refractivity contribution in [2.75, 3.05) is 13.6 Å². The zero-order valence-electron chi connectivity index (χ0n) is 24.4. The van der Waals surface area contributed by atoms with E-state index in [0.29, 0.717) is 24.7 Å². The van der Waals surface area contributed by atoms with Crippen LogP contribution in [0.15, 0.2) is 49.1 Å². The predicted octanol–water partition coefficient (Wildman–Crippen LogP) is 5.76. The number of imidazole rings is 2. The monoisotopic (exact) mass is 545 g/mol. The Kier molecular flexibility index (Phi) is 10.1. The van der Waals surface area contributed by atoms with E-state index in [2.05, 4.69) is 55.8 Å². The molecule has 0 unspecified atom stereocenters. The first-order valence-electron chi connectivity index (χ1n) is 15.4. The highest BCUT2D eigenvalue weighted by atomic mass is 16.2. The van der Waals surface area contributed by atoms with Crippen molar-refractivity contribution < 1.29 is 4.79 Å². The average molecular weight is 546 g/mol. The molecule has 5 rings (SSSR count). The number of carbonyl (C=O) groups excluding carboxylic acids is 1. The van der Waals surface area contributed by atoms with Crippen LogP contribution in [0.4, 0.5) is 0 Å². The summed E-state index contributed by atoms with van der Waals surface area (Å²) >= 11 is 0. The highest BCUT2D eigenvalue weighted by Gasteiger charge is 2.31. The van der Waals surface area contributed by atoms with E-state index in [1.54, 1.807) is 29.7 Å². The number of amides is 1. The summed E-state index contributed by atoms with van der Waals surface area (Å²) in [5.74, 6) is 1.48. The van der Waals surface area contributed by atoms with E-state index in [1.807, 2.05) is 12.1 Å². The number of H-pyrrole nitrogens is 2. The highest BCUT2D eigenvalue weighted by molar-refractivity contribution is 5.94. The molecule has 8 heteroatoms. The average Bonchev–Trinajstić information content (AvgIpc) is 3.71. The van der Waals surface area contributed by atoms with Crippen molar-refractivity contribution in [3.63, 3.8) is 0 Å². The fourth-order valence-electron chi connectivity index (χ4n) is 6.85. The minimum atomic E-state index is -0.0272. The number of nitrogens with zero attached hydrogens (tertiary/aromatic N) is 5. The summed E-state index contributed by atoms with van der Waals surface area (Å²) < 4.78 is 0. The van der Waals surface area contributed by atoms with Crippen LogP contribution in [-0.2, 0) is 19.6 Å². The van der Waals surface area contributed by atoms with Gasteiger partial charge in [0.2, 0.25) is 0 Å². The normalized spacial score (nSPS) is 20.3. The molecule has 0 aliphatic heterocycles. The van der Waals surface area contributed by atoms with Gasteiger partial charge < -0.3 is 14.9 Å². The van der Waals surface area contributed by atoms with Gasteiger partial charge in [0.15, 0.2) is 0 Å². The van der Waals surface area contributed by atoms with Gasteiger partial charge in [-0.25, -0.2) is 9.97 Å². The van der Waals surface area contributed by atoms with Crippen LogP contribution in [0.1, 0.15) is 98.7 Å². The van der Waals surface area contributed by atoms with E-state index in [4.69, 9.17) is 0 Å². The zero-order chi connectivity index (χ0) is 27.7. The first-order chi connectivity index (χ1) is 19.6. The zero-order valence-corrected chi connectivity index (χ0v) is 24.4. The van der Waals surface area contributed by atoms with Crippen LogP contribution in [0.3, 0.4) is 0 Å². The van der Waals surface area contributed by atoms with E-state index >= 15 is 0 Å². The molecule has 2 aliphatic rings. The Bertz CT molecular complexity index is 1090. The van der Waals surface area contributed by atoms with E-state index in [-0.39, 0.29) is 5.91 Å². The minimum Gasteiger partial charge on any atom is -0.347 e. The number of carbonyl (C=O) groups is 1. The van der Waals surface area contributed by atoms with Gasteiger partial charge in [-0.15, -0.1) is 0 Å². The quantitative estimate of drug-likeness (QED) is 0.302. The molecular formula is C32H47N7O. The molecule has 0 bridgehead atoms. The Balaban J connectivity index is 1.15. The Morgan fingerprint density at radius 3 is 1.93 bits per heavy atom. The lowest BCUT2D eigenvalue weighted by Crippen LogP contribution is -2.48. The van der Waals surface area contributed by atoms with Crippen molar-refractivity contribution in [1.82, 2.24) is 34.6 Å². The SMILES string of the molecule is CCCN(C1CCCCC1)C1CCC(N(C)Cc2ccc(C(=O)N(Cc3ncc[nH]3)Cc3ncc[nH]3)cc2)CC1. The third kappa shape index (κ3) is 7.40. The lowest BCUT2D eigenvalue weighted by molar-refractivity contribution is 0.0580. The van der Waals surface area contributed by atoms with Crippen molar-refractivity contribution in [3.8, 4) is 0 Å². The second-order valence-electron chi connectivity index (χ2n) is 11.8. The second-order valence-corrected chi connectivity index (χ2v) is 11.8. The third-order valence-corrected chi connectivity index (χ3v) is 9.00. The van der Waals surface area contributed by atoms with Crippen LogP contribution in [0.2, 0.25) is 0 Å². The number of hydrogen-bond donors (Lipinski definition) is 2. The molecule has 1 aromatic carbocycles. The maximum atomic E-state index is 13.5. The molecule has 3 aromatic rings. The Labute approximate surface area is 239 Å². The molecule has 40 heavy (non-hydrogen) atoms. The molecule has 1 amide bonds. The molecule has 0 atom stereocenters. The summed E-state index contributed by atoms with van der Waals surface area (Å²) in [6, 6.07) is 10.4. The third-order valence-electron chi connectivity index (χ3n) is 9.00. The first kappa shape index (κ1) is 28.6. The van der Waals surface area contributed by atoms with Crippen molar-refractivity contribution in [2.45, 2.75) is 109 Å². The van der Waals surface area contributed by atoms with Crippen molar-refractivity contribution in [1.29, 1.82) is 0 Å². The van der Waals surface area contributed by atoms with Gasteiger partial charge in [-0.3, -0.25) is 14.6 Å². The Hall–Kier alpha value is -2.97. The maximum Gasteiger partial charge on any atom is 0.254 e. The number of aromatic amines is 2. The van der Waals surface area contributed by atoms with Gasteiger partial charge in [0.05, 0.1) is 13.1 Å². The largest absolute Gasteiger partial charge is 0.347 e. The molecule has 2 N–H and O–H groups in total. The van der Waals surface area contributed by atoms with Gasteiger partial charge in [0, 0.05) is 55.0 Å². The second kappa shape index (κ2) is 14.1.